The summed E-state index contributed by atoms with van der Waals surface area (Å²) in [6.07, 6.45) is 3.45. The van der Waals surface area contributed by atoms with E-state index in [0.717, 1.165) is 5.09 Å². The highest BCUT2D eigenvalue weighted by atomic mass is 32.2. The van der Waals surface area contributed by atoms with Crippen molar-refractivity contribution in [2.24, 2.45) is 0 Å². The molecule has 1 aliphatic heterocycles. The zero-order valence-corrected chi connectivity index (χ0v) is 14.2. The molecule has 0 radical (unpaired) electrons. The van der Waals surface area contributed by atoms with Crippen LogP contribution in [0.15, 0.2) is 41.5 Å². The predicted octanol–water partition coefficient (Wildman–Crippen LogP) is 4.65. The highest BCUT2D eigenvalue weighted by molar-refractivity contribution is 8.04. The zero-order chi connectivity index (χ0) is 13.9. The van der Waals surface area contributed by atoms with Crippen LogP contribution in [0.4, 0.5) is 0 Å². The maximum Gasteiger partial charge on any atom is 0.283 e. The number of hydrogen-bond acceptors (Lipinski definition) is 2. The molecule has 0 aliphatic carbocycles. The van der Waals surface area contributed by atoms with Crippen molar-refractivity contribution in [2.45, 2.75) is 51.0 Å². The third kappa shape index (κ3) is 3.66. The number of allylic oxidation sites excluding steroid dienone is 1. The number of thioether (sulfide) groups is 1. The van der Waals surface area contributed by atoms with E-state index in [0.29, 0.717) is 0 Å². The first-order chi connectivity index (χ1) is 8.95. The topological polar surface area (TPSA) is 9.23 Å². The van der Waals surface area contributed by atoms with Gasteiger partial charge in [-0.25, -0.2) is 0 Å². The first-order valence-corrected chi connectivity index (χ1v) is 10.2. The molecule has 0 aromatic heterocycles. The Morgan fingerprint density at radius 1 is 1.21 bits per heavy atom. The summed E-state index contributed by atoms with van der Waals surface area (Å²) in [5, 5.41) is 2.57. The van der Waals surface area contributed by atoms with Crippen LogP contribution >= 0.6 is 11.8 Å². The van der Waals surface area contributed by atoms with Crippen molar-refractivity contribution in [3.05, 3.63) is 41.5 Å². The molecular formula is C16H24OSSi. The van der Waals surface area contributed by atoms with E-state index in [4.69, 9.17) is 4.43 Å². The van der Waals surface area contributed by atoms with Crippen LogP contribution in [0, 0.1) is 0 Å². The van der Waals surface area contributed by atoms with Crippen LogP contribution in [-0.4, -0.2) is 13.1 Å². The second kappa shape index (κ2) is 5.76. The summed E-state index contributed by atoms with van der Waals surface area (Å²) < 4.78 is 6.75. The Kier molecular flexibility index (Phi) is 4.46. The molecule has 19 heavy (non-hydrogen) atoms. The number of benzene rings is 1. The lowest BCUT2D eigenvalue weighted by Gasteiger charge is -2.40. The van der Waals surface area contributed by atoms with Gasteiger partial charge in [-0.05, 0) is 30.3 Å². The molecule has 2 rings (SSSR count). The molecule has 1 fully saturated rings. The quantitative estimate of drug-likeness (QED) is 0.590. The van der Waals surface area contributed by atoms with Gasteiger partial charge in [0.05, 0.1) is 0 Å². The maximum atomic E-state index is 6.55. The number of rotatable bonds is 4. The third-order valence-corrected chi connectivity index (χ3v) is 9.00. The first kappa shape index (κ1) is 14.7. The molecule has 0 saturated carbocycles. The second-order valence-corrected chi connectivity index (χ2v) is 11.7. The fraction of sp³-hybridized carbons (Fsp3) is 0.500. The van der Waals surface area contributed by atoms with Crippen molar-refractivity contribution in [1.82, 2.24) is 0 Å². The minimum atomic E-state index is -1.69. The van der Waals surface area contributed by atoms with Gasteiger partial charge in [-0.15, -0.1) is 0 Å². The molecule has 1 nitrogen and oxygen atoms in total. The minimum absolute atomic E-state index is 0.206. The summed E-state index contributed by atoms with van der Waals surface area (Å²) in [7, 11) is -1.69. The molecule has 1 saturated heterocycles. The molecule has 1 aromatic carbocycles. The molecule has 0 N–H and O–H groups in total. The highest BCUT2D eigenvalue weighted by Crippen LogP contribution is 2.40. The Morgan fingerprint density at radius 3 is 2.26 bits per heavy atom. The standard InChI is InChI=1S/C16H24OSSi/c1-5-15(18-16(2,3)4)17-19(12-9-13-19)14-10-7-6-8-11-14/h5-8,10-11H,9,12-13H2,1-4H3/b15-5-. The van der Waals surface area contributed by atoms with Crippen LogP contribution in [0.25, 0.3) is 0 Å². The summed E-state index contributed by atoms with van der Waals surface area (Å²) in [6.45, 7) is 8.80. The monoisotopic (exact) mass is 292 g/mol. The average Bonchev–Trinajstić information content (AvgIpc) is 2.32. The van der Waals surface area contributed by atoms with Crippen LogP contribution in [0.5, 0.6) is 0 Å². The zero-order valence-electron chi connectivity index (χ0n) is 12.4. The van der Waals surface area contributed by atoms with Gasteiger partial charge in [-0.2, -0.15) is 0 Å². The van der Waals surface area contributed by atoms with Gasteiger partial charge in [0.15, 0.2) is 0 Å². The van der Waals surface area contributed by atoms with Gasteiger partial charge in [-0.1, -0.05) is 69.3 Å². The molecule has 0 spiro atoms. The smallest absolute Gasteiger partial charge is 0.283 e. The van der Waals surface area contributed by atoms with Gasteiger partial charge in [0.1, 0.15) is 5.09 Å². The predicted molar refractivity (Wildman–Crippen MR) is 88.2 cm³/mol. The SMILES string of the molecule is C/C=C(/O[Si]1(c2ccccc2)CCC1)SC(C)(C)C. The summed E-state index contributed by atoms with van der Waals surface area (Å²) >= 11 is 1.85. The highest BCUT2D eigenvalue weighted by Gasteiger charge is 2.46. The lowest BCUT2D eigenvalue weighted by molar-refractivity contribution is 0.430. The second-order valence-electron chi connectivity index (χ2n) is 6.14. The Hall–Kier alpha value is -0.673. The Bertz CT molecular complexity index is 444. The fourth-order valence-corrected chi connectivity index (χ4v) is 6.89. The van der Waals surface area contributed by atoms with Crippen molar-refractivity contribution in [1.29, 1.82) is 0 Å². The lowest BCUT2D eigenvalue weighted by Crippen LogP contribution is -2.55. The van der Waals surface area contributed by atoms with E-state index in [-0.39, 0.29) is 4.75 Å². The van der Waals surface area contributed by atoms with E-state index in [9.17, 15) is 0 Å². The van der Waals surface area contributed by atoms with Crippen LogP contribution in [0.3, 0.4) is 0 Å². The molecule has 0 atom stereocenters. The maximum absolute atomic E-state index is 6.55. The summed E-state index contributed by atoms with van der Waals surface area (Å²) in [5.41, 5.74) is 0. The van der Waals surface area contributed by atoms with Crippen LogP contribution < -0.4 is 5.19 Å². The molecule has 104 valence electrons. The molecular weight excluding hydrogens is 268 g/mol. The van der Waals surface area contributed by atoms with Crippen molar-refractivity contribution < 1.29 is 4.43 Å². The molecule has 1 aliphatic rings. The lowest BCUT2D eigenvalue weighted by atomic mass is 10.3. The Balaban J connectivity index is 2.15. The van der Waals surface area contributed by atoms with E-state index in [2.05, 4.69) is 64.1 Å². The Morgan fingerprint density at radius 2 is 1.84 bits per heavy atom. The van der Waals surface area contributed by atoms with Crippen LogP contribution in [-0.2, 0) is 4.43 Å². The minimum Gasteiger partial charge on any atom is -0.535 e. The Labute approximate surface area is 122 Å². The van der Waals surface area contributed by atoms with Crippen molar-refractivity contribution in [2.75, 3.05) is 0 Å². The van der Waals surface area contributed by atoms with Crippen molar-refractivity contribution in [3.8, 4) is 0 Å². The fourth-order valence-electron chi connectivity index (χ4n) is 2.32. The van der Waals surface area contributed by atoms with Gasteiger partial charge in [0.2, 0.25) is 0 Å². The van der Waals surface area contributed by atoms with Crippen molar-refractivity contribution >= 4 is 25.3 Å². The molecule has 0 amide bonds. The molecule has 1 heterocycles. The van der Waals surface area contributed by atoms with Gasteiger partial charge in [-0.3, -0.25) is 0 Å². The van der Waals surface area contributed by atoms with Crippen molar-refractivity contribution in [3.63, 3.8) is 0 Å². The van der Waals surface area contributed by atoms with Crippen LogP contribution in [0.1, 0.15) is 34.1 Å². The largest absolute Gasteiger partial charge is 0.535 e. The van der Waals surface area contributed by atoms with Gasteiger partial charge in [0, 0.05) is 4.75 Å². The van der Waals surface area contributed by atoms with E-state index in [1.54, 1.807) is 0 Å². The van der Waals surface area contributed by atoms with E-state index in [1.165, 1.54) is 23.7 Å². The first-order valence-electron chi connectivity index (χ1n) is 7.05. The van der Waals surface area contributed by atoms with Gasteiger partial charge < -0.3 is 4.43 Å². The number of hydrogen-bond donors (Lipinski definition) is 0. The average molecular weight is 293 g/mol. The normalized spacial score (nSPS) is 18.8. The molecule has 0 bridgehead atoms. The van der Waals surface area contributed by atoms with E-state index in [1.807, 2.05) is 11.8 Å². The summed E-state index contributed by atoms with van der Waals surface area (Å²) in [4.78, 5) is 0. The third-order valence-electron chi connectivity index (χ3n) is 3.40. The van der Waals surface area contributed by atoms with E-state index >= 15 is 0 Å². The van der Waals surface area contributed by atoms with Gasteiger partial charge in [0.25, 0.3) is 8.32 Å². The molecule has 3 heteroatoms. The van der Waals surface area contributed by atoms with Gasteiger partial charge >= 0.3 is 0 Å². The van der Waals surface area contributed by atoms with Crippen LogP contribution in [0.2, 0.25) is 12.1 Å². The summed E-state index contributed by atoms with van der Waals surface area (Å²) in [5.74, 6) is 0. The van der Waals surface area contributed by atoms with E-state index < -0.39 is 8.32 Å². The molecule has 0 unspecified atom stereocenters. The molecule has 1 aromatic rings. The summed E-state index contributed by atoms with van der Waals surface area (Å²) in [6, 6.07) is 13.4.